The van der Waals surface area contributed by atoms with Gasteiger partial charge in [-0.15, -0.1) is 11.3 Å². The number of pyridine rings is 1. The normalized spacial score (nSPS) is 13.8. The van der Waals surface area contributed by atoms with Gasteiger partial charge in [-0.25, -0.2) is 9.37 Å². The highest BCUT2D eigenvalue weighted by molar-refractivity contribution is 7.12. The van der Waals surface area contributed by atoms with E-state index in [1.165, 1.54) is 42.6 Å². The SMILES string of the molecule is O=C(Nc1ccc(-c2c(C(F)(F)F)sc3c2CCCC3)cn1)c1ccccc1F. The fourth-order valence-electron chi connectivity index (χ4n) is 3.52. The molecule has 1 aliphatic rings. The van der Waals surface area contributed by atoms with E-state index < -0.39 is 22.8 Å². The van der Waals surface area contributed by atoms with Crippen LogP contribution >= 0.6 is 11.3 Å². The number of benzene rings is 1. The van der Waals surface area contributed by atoms with Crippen LogP contribution in [0.3, 0.4) is 0 Å². The summed E-state index contributed by atoms with van der Waals surface area (Å²) in [6, 6.07) is 8.46. The Morgan fingerprint density at radius 3 is 2.52 bits per heavy atom. The van der Waals surface area contributed by atoms with Crippen molar-refractivity contribution in [1.29, 1.82) is 0 Å². The van der Waals surface area contributed by atoms with Crippen molar-refractivity contribution < 1.29 is 22.4 Å². The third-order valence-corrected chi connectivity index (χ3v) is 6.18. The maximum atomic E-state index is 13.7. The Hall–Kier alpha value is -2.74. The van der Waals surface area contributed by atoms with Crippen LogP contribution in [-0.4, -0.2) is 10.9 Å². The summed E-state index contributed by atoms with van der Waals surface area (Å²) in [4.78, 5) is 16.5. The molecule has 1 aliphatic carbocycles. The number of hydrogen-bond acceptors (Lipinski definition) is 3. The molecular formula is C21H16F4N2OS. The lowest BCUT2D eigenvalue weighted by molar-refractivity contribution is -0.133. The van der Waals surface area contributed by atoms with Crippen molar-refractivity contribution in [2.45, 2.75) is 31.9 Å². The van der Waals surface area contributed by atoms with Crippen molar-refractivity contribution in [3.8, 4) is 11.1 Å². The number of rotatable bonds is 3. The first-order valence-corrected chi connectivity index (χ1v) is 9.90. The zero-order chi connectivity index (χ0) is 20.6. The van der Waals surface area contributed by atoms with E-state index in [9.17, 15) is 22.4 Å². The molecule has 0 saturated heterocycles. The van der Waals surface area contributed by atoms with Crippen LogP contribution in [0, 0.1) is 5.82 Å². The average molecular weight is 420 g/mol. The van der Waals surface area contributed by atoms with Crippen molar-refractivity contribution in [2.75, 3.05) is 5.32 Å². The van der Waals surface area contributed by atoms with Crippen molar-refractivity contribution in [3.05, 3.63) is 69.3 Å². The van der Waals surface area contributed by atoms with Crippen LogP contribution < -0.4 is 5.32 Å². The van der Waals surface area contributed by atoms with Crippen LogP contribution in [-0.2, 0) is 19.0 Å². The molecule has 1 amide bonds. The Bertz CT molecular complexity index is 1060. The standard InChI is InChI=1S/C21H16F4N2OS/c22-15-7-3-1-5-13(15)20(28)27-17-10-9-12(11-26-17)18-14-6-2-4-8-16(14)29-19(18)21(23,24)25/h1,3,5,7,9-11H,2,4,6,8H2,(H,26,27,28). The van der Waals surface area contributed by atoms with Crippen LogP contribution in [0.25, 0.3) is 11.1 Å². The Kier molecular flexibility index (Phi) is 5.12. The number of halogens is 4. The minimum absolute atomic E-state index is 0.135. The molecule has 0 saturated carbocycles. The molecule has 0 bridgehead atoms. The summed E-state index contributed by atoms with van der Waals surface area (Å²) in [7, 11) is 0. The fraction of sp³-hybridized carbons (Fsp3) is 0.238. The maximum Gasteiger partial charge on any atom is 0.426 e. The van der Waals surface area contributed by atoms with E-state index in [1.807, 2.05) is 0 Å². The Morgan fingerprint density at radius 1 is 1.07 bits per heavy atom. The largest absolute Gasteiger partial charge is 0.426 e. The molecule has 8 heteroatoms. The summed E-state index contributed by atoms with van der Waals surface area (Å²) < 4.78 is 54.5. The Labute approximate surface area is 168 Å². The molecule has 0 radical (unpaired) electrons. The number of carbonyl (C=O) groups excluding carboxylic acids is 1. The van der Waals surface area contributed by atoms with E-state index in [0.29, 0.717) is 18.4 Å². The summed E-state index contributed by atoms with van der Waals surface area (Å²) in [5.41, 5.74) is 1.17. The first-order chi connectivity index (χ1) is 13.8. The number of fused-ring (bicyclic) bond motifs is 1. The van der Waals surface area contributed by atoms with Gasteiger partial charge in [0.2, 0.25) is 0 Å². The molecule has 4 rings (SSSR count). The van der Waals surface area contributed by atoms with Gasteiger partial charge in [0.1, 0.15) is 16.5 Å². The lowest BCUT2D eigenvalue weighted by atomic mass is 9.92. The van der Waals surface area contributed by atoms with E-state index in [0.717, 1.165) is 34.6 Å². The number of alkyl halides is 3. The van der Waals surface area contributed by atoms with Crippen molar-refractivity contribution in [3.63, 3.8) is 0 Å². The van der Waals surface area contributed by atoms with E-state index >= 15 is 0 Å². The van der Waals surface area contributed by atoms with Crippen LogP contribution in [0.4, 0.5) is 23.4 Å². The summed E-state index contributed by atoms with van der Waals surface area (Å²) in [6.45, 7) is 0. The minimum atomic E-state index is -4.44. The molecule has 0 unspecified atom stereocenters. The molecule has 3 nitrogen and oxygen atoms in total. The average Bonchev–Trinajstić information content (AvgIpc) is 3.09. The van der Waals surface area contributed by atoms with Crippen molar-refractivity contribution in [2.24, 2.45) is 0 Å². The topological polar surface area (TPSA) is 42.0 Å². The molecule has 29 heavy (non-hydrogen) atoms. The predicted octanol–water partition coefficient (Wildman–Crippen LogP) is 6.10. The zero-order valence-corrected chi connectivity index (χ0v) is 16.0. The number of carbonyl (C=O) groups is 1. The van der Waals surface area contributed by atoms with Gasteiger partial charge in [0.05, 0.1) is 5.56 Å². The van der Waals surface area contributed by atoms with Gasteiger partial charge in [-0.1, -0.05) is 12.1 Å². The molecule has 0 spiro atoms. The first-order valence-electron chi connectivity index (χ1n) is 9.08. The maximum absolute atomic E-state index is 13.7. The molecular weight excluding hydrogens is 404 g/mol. The molecule has 0 aliphatic heterocycles. The molecule has 0 atom stereocenters. The molecule has 0 fully saturated rings. The number of aromatic nitrogens is 1. The third-order valence-electron chi connectivity index (χ3n) is 4.84. The lowest BCUT2D eigenvalue weighted by Crippen LogP contribution is -2.14. The zero-order valence-electron chi connectivity index (χ0n) is 15.1. The van der Waals surface area contributed by atoms with Crippen LogP contribution in [0.5, 0.6) is 0 Å². The van der Waals surface area contributed by atoms with Gasteiger partial charge in [-0.05, 0) is 55.5 Å². The third kappa shape index (κ3) is 3.89. The summed E-state index contributed by atoms with van der Waals surface area (Å²) in [6.07, 6.45) is -0.0870. The highest BCUT2D eigenvalue weighted by Crippen LogP contribution is 2.47. The second-order valence-corrected chi connectivity index (χ2v) is 7.88. The highest BCUT2D eigenvalue weighted by Gasteiger charge is 2.38. The van der Waals surface area contributed by atoms with Crippen LogP contribution in [0.2, 0.25) is 0 Å². The Morgan fingerprint density at radius 2 is 1.83 bits per heavy atom. The number of hydrogen-bond donors (Lipinski definition) is 1. The lowest BCUT2D eigenvalue weighted by Gasteiger charge is -2.14. The van der Waals surface area contributed by atoms with Gasteiger partial charge >= 0.3 is 6.18 Å². The highest BCUT2D eigenvalue weighted by atomic mass is 32.1. The monoisotopic (exact) mass is 420 g/mol. The van der Waals surface area contributed by atoms with Crippen LogP contribution in [0.1, 0.15) is 38.5 Å². The number of nitrogens with zero attached hydrogens (tertiary/aromatic N) is 1. The minimum Gasteiger partial charge on any atom is -0.306 e. The Balaban J connectivity index is 1.64. The van der Waals surface area contributed by atoms with Crippen LogP contribution in [0.15, 0.2) is 42.6 Å². The predicted molar refractivity (Wildman–Crippen MR) is 104 cm³/mol. The van der Waals surface area contributed by atoms with Gasteiger partial charge in [-0.3, -0.25) is 4.79 Å². The van der Waals surface area contributed by atoms with E-state index in [-0.39, 0.29) is 16.9 Å². The van der Waals surface area contributed by atoms with Crippen molar-refractivity contribution in [1.82, 2.24) is 4.98 Å². The van der Waals surface area contributed by atoms with Crippen molar-refractivity contribution >= 4 is 23.1 Å². The number of anilines is 1. The number of nitrogens with one attached hydrogen (secondary N) is 1. The number of aryl methyl sites for hydroxylation is 1. The molecule has 1 aromatic carbocycles. The second kappa shape index (κ2) is 7.59. The van der Waals surface area contributed by atoms with Gasteiger partial charge in [-0.2, -0.15) is 13.2 Å². The molecule has 2 heterocycles. The number of thiophene rings is 1. The van der Waals surface area contributed by atoms with E-state index in [1.54, 1.807) is 0 Å². The van der Waals surface area contributed by atoms with Gasteiger partial charge < -0.3 is 5.32 Å². The smallest absolute Gasteiger partial charge is 0.306 e. The quantitative estimate of drug-likeness (QED) is 0.520. The molecule has 150 valence electrons. The van der Waals surface area contributed by atoms with E-state index in [2.05, 4.69) is 10.3 Å². The van der Waals surface area contributed by atoms with Gasteiger partial charge in [0.25, 0.3) is 5.91 Å². The molecule has 2 aromatic heterocycles. The summed E-state index contributed by atoms with van der Waals surface area (Å²) in [5.74, 6) is -1.20. The number of amides is 1. The molecule has 1 N–H and O–H groups in total. The van der Waals surface area contributed by atoms with Gasteiger partial charge in [0, 0.05) is 22.2 Å². The summed E-state index contributed by atoms with van der Waals surface area (Å²) >= 11 is 0.813. The van der Waals surface area contributed by atoms with E-state index in [4.69, 9.17) is 0 Å². The first kappa shape index (κ1) is 19.6. The molecule has 3 aromatic rings. The second-order valence-electron chi connectivity index (χ2n) is 6.78. The summed E-state index contributed by atoms with van der Waals surface area (Å²) in [5, 5.41) is 2.47. The van der Waals surface area contributed by atoms with Gasteiger partial charge in [0.15, 0.2) is 0 Å². The fourth-order valence-corrected chi connectivity index (χ4v) is 4.79.